The van der Waals surface area contributed by atoms with Crippen molar-refractivity contribution in [2.75, 3.05) is 6.61 Å². The molecule has 0 radical (unpaired) electrons. The second kappa shape index (κ2) is 6.28. The topological polar surface area (TPSA) is 113 Å². The van der Waals surface area contributed by atoms with Crippen LogP contribution in [0.25, 0.3) is 21.5 Å². The molecule has 4 rings (SSSR count). The lowest BCUT2D eigenvalue weighted by atomic mass is 9.85. The summed E-state index contributed by atoms with van der Waals surface area (Å²) in [5, 5.41) is 56.6. The van der Waals surface area contributed by atoms with Gasteiger partial charge in [-0.05, 0) is 27.1 Å². The quantitative estimate of drug-likeness (QED) is 0.481. The first kappa shape index (κ1) is 17.4. The third-order valence-electron chi connectivity index (χ3n) is 5.11. The van der Waals surface area contributed by atoms with Gasteiger partial charge in [0.05, 0.1) is 12.4 Å². The predicted molar refractivity (Wildman–Crippen MR) is 93.1 cm³/mol. The van der Waals surface area contributed by atoms with Crippen molar-refractivity contribution in [3.8, 4) is 0 Å². The van der Waals surface area contributed by atoms with Crippen molar-refractivity contribution < 1.29 is 30.3 Å². The zero-order chi connectivity index (χ0) is 18.5. The van der Waals surface area contributed by atoms with Crippen LogP contribution >= 0.6 is 0 Å². The molecule has 1 aliphatic rings. The van der Waals surface area contributed by atoms with Crippen LogP contribution in [0.3, 0.4) is 0 Å². The summed E-state index contributed by atoms with van der Waals surface area (Å²) in [6.07, 6.45) is -6.46. The van der Waals surface area contributed by atoms with E-state index in [1.165, 1.54) is 6.07 Å². The molecular formula is C20H19O6-. The highest BCUT2D eigenvalue weighted by Crippen LogP contribution is 2.38. The average Bonchev–Trinajstić information content (AvgIpc) is 2.68. The Hall–Kier alpha value is -2.06. The van der Waals surface area contributed by atoms with E-state index in [9.17, 15) is 25.5 Å². The van der Waals surface area contributed by atoms with E-state index < -0.39 is 36.8 Å². The van der Waals surface area contributed by atoms with E-state index >= 15 is 0 Å². The summed E-state index contributed by atoms with van der Waals surface area (Å²) >= 11 is 0. The van der Waals surface area contributed by atoms with E-state index in [1.54, 1.807) is 12.1 Å². The molecule has 1 heterocycles. The van der Waals surface area contributed by atoms with Crippen molar-refractivity contribution >= 4 is 21.5 Å². The molecule has 136 valence electrons. The van der Waals surface area contributed by atoms with Crippen molar-refractivity contribution in [3.05, 3.63) is 60.2 Å². The molecule has 6 heteroatoms. The van der Waals surface area contributed by atoms with Crippen LogP contribution in [0.2, 0.25) is 0 Å². The van der Waals surface area contributed by atoms with E-state index in [2.05, 4.69) is 0 Å². The van der Waals surface area contributed by atoms with E-state index in [-0.39, 0.29) is 5.56 Å². The molecule has 1 aliphatic heterocycles. The minimum atomic E-state index is -2.52. The molecule has 5 atom stereocenters. The largest absolute Gasteiger partial charge is 0.823 e. The third kappa shape index (κ3) is 2.43. The van der Waals surface area contributed by atoms with Crippen molar-refractivity contribution in [2.45, 2.75) is 30.2 Å². The Labute approximate surface area is 149 Å². The van der Waals surface area contributed by atoms with Gasteiger partial charge in [0.15, 0.2) is 0 Å². The highest BCUT2D eigenvalue weighted by atomic mass is 16.7. The number of aliphatic hydroxyl groups excluding tert-OH is 4. The Morgan fingerprint density at radius 2 is 1.58 bits per heavy atom. The van der Waals surface area contributed by atoms with Crippen LogP contribution in [0.5, 0.6) is 0 Å². The lowest BCUT2D eigenvalue weighted by Gasteiger charge is -2.53. The summed E-state index contributed by atoms with van der Waals surface area (Å²) in [5.74, 6) is -2.52. The van der Waals surface area contributed by atoms with Gasteiger partial charge in [-0.25, -0.2) is 0 Å². The number of ether oxygens (including phenoxy) is 1. The summed E-state index contributed by atoms with van der Waals surface area (Å²) in [6.45, 7) is -0.650. The van der Waals surface area contributed by atoms with Crippen LogP contribution in [0.15, 0.2) is 54.6 Å². The smallest absolute Gasteiger partial charge is 0.111 e. The van der Waals surface area contributed by atoms with Crippen LogP contribution in [0, 0.1) is 0 Å². The fourth-order valence-corrected chi connectivity index (χ4v) is 3.71. The lowest BCUT2D eigenvalue weighted by molar-refractivity contribution is -0.607. The first-order valence-electron chi connectivity index (χ1n) is 8.41. The molecule has 0 aliphatic carbocycles. The minimum Gasteiger partial charge on any atom is -0.823 e. The number of fused-ring (bicyclic) bond motifs is 3. The van der Waals surface area contributed by atoms with E-state index in [0.29, 0.717) is 5.39 Å². The van der Waals surface area contributed by atoms with Crippen LogP contribution in [-0.4, -0.2) is 51.4 Å². The van der Waals surface area contributed by atoms with Crippen molar-refractivity contribution in [3.63, 3.8) is 0 Å². The van der Waals surface area contributed by atoms with E-state index in [0.717, 1.165) is 16.2 Å². The van der Waals surface area contributed by atoms with Crippen LogP contribution in [0.4, 0.5) is 0 Å². The zero-order valence-electron chi connectivity index (χ0n) is 13.8. The maximum Gasteiger partial charge on any atom is 0.111 e. The van der Waals surface area contributed by atoms with Gasteiger partial charge in [0.25, 0.3) is 0 Å². The Morgan fingerprint density at radius 3 is 2.35 bits per heavy atom. The van der Waals surface area contributed by atoms with Crippen molar-refractivity contribution in [2.24, 2.45) is 0 Å². The fourth-order valence-electron chi connectivity index (χ4n) is 3.71. The lowest BCUT2D eigenvalue weighted by Crippen LogP contribution is -2.68. The van der Waals surface area contributed by atoms with Crippen LogP contribution in [0.1, 0.15) is 5.56 Å². The Balaban J connectivity index is 1.94. The van der Waals surface area contributed by atoms with Gasteiger partial charge in [-0.2, -0.15) is 0 Å². The monoisotopic (exact) mass is 355 g/mol. The second-order valence-corrected chi connectivity index (χ2v) is 6.62. The molecule has 0 spiro atoms. The molecule has 0 aromatic heterocycles. The number of benzene rings is 3. The van der Waals surface area contributed by atoms with Gasteiger partial charge in [-0.1, -0.05) is 54.6 Å². The van der Waals surface area contributed by atoms with Gasteiger partial charge in [0.2, 0.25) is 0 Å². The molecule has 3 aromatic carbocycles. The van der Waals surface area contributed by atoms with Gasteiger partial charge < -0.3 is 30.3 Å². The first-order chi connectivity index (χ1) is 12.5. The number of hydrogen-bond donors (Lipinski definition) is 4. The maximum atomic E-state index is 13.5. The van der Waals surface area contributed by atoms with E-state index in [1.807, 2.05) is 36.4 Å². The van der Waals surface area contributed by atoms with E-state index in [4.69, 9.17) is 4.74 Å². The molecule has 0 unspecified atom stereocenters. The standard InChI is InChI=1S/C20H19O6/c21-10-16-17(22)18(23)19(24)20(25,26-16)15-7-3-6-13-12-5-2-1-4-11(12)8-9-14(13)15/h1-9,16-19,21-24H,10H2/q-1/t16-,17-,18+,19-,20-/m1/s1. The summed E-state index contributed by atoms with van der Waals surface area (Å²) in [4.78, 5) is 0. The number of hydrogen-bond acceptors (Lipinski definition) is 6. The Morgan fingerprint density at radius 1 is 0.846 bits per heavy atom. The number of rotatable bonds is 2. The SMILES string of the molecule is [O-][C@]1(c2cccc3c2ccc2ccccc23)O[C@H](CO)[C@@H](O)[C@H](O)[C@H]1O. The normalized spacial score (nSPS) is 32.2. The summed E-state index contributed by atoms with van der Waals surface area (Å²) in [5.41, 5.74) is 0.151. The highest BCUT2D eigenvalue weighted by molar-refractivity contribution is 6.08. The molecule has 26 heavy (non-hydrogen) atoms. The molecule has 4 N–H and O–H groups in total. The summed E-state index contributed by atoms with van der Waals surface area (Å²) in [6, 6.07) is 16.4. The zero-order valence-corrected chi connectivity index (χ0v) is 13.8. The van der Waals surface area contributed by atoms with Crippen molar-refractivity contribution in [1.29, 1.82) is 0 Å². The van der Waals surface area contributed by atoms with Crippen molar-refractivity contribution in [1.82, 2.24) is 0 Å². The van der Waals surface area contributed by atoms with Crippen LogP contribution < -0.4 is 5.11 Å². The van der Waals surface area contributed by atoms with Crippen LogP contribution in [-0.2, 0) is 10.5 Å². The van der Waals surface area contributed by atoms with Gasteiger partial charge >= 0.3 is 0 Å². The number of aliphatic hydroxyl groups is 4. The summed E-state index contributed by atoms with van der Waals surface area (Å²) < 4.78 is 5.36. The maximum absolute atomic E-state index is 13.5. The highest BCUT2D eigenvalue weighted by Gasteiger charge is 2.48. The fraction of sp³-hybridized carbons (Fsp3) is 0.300. The molecule has 0 amide bonds. The van der Waals surface area contributed by atoms with Gasteiger partial charge in [-0.3, -0.25) is 0 Å². The first-order valence-corrected chi connectivity index (χ1v) is 8.41. The van der Waals surface area contributed by atoms with Gasteiger partial charge in [-0.15, -0.1) is 0 Å². The second-order valence-electron chi connectivity index (χ2n) is 6.62. The Kier molecular flexibility index (Phi) is 4.19. The summed E-state index contributed by atoms with van der Waals surface area (Å²) in [7, 11) is 0. The van der Waals surface area contributed by atoms with Gasteiger partial charge in [0.1, 0.15) is 24.4 Å². The van der Waals surface area contributed by atoms with Gasteiger partial charge in [0, 0.05) is 0 Å². The molecule has 3 aromatic rings. The Bertz CT molecular complexity index is 955. The molecule has 1 fully saturated rings. The third-order valence-corrected chi connectivity index (χ3v) is 5.11. The molecule has 1 saturated heterocycles. The average molecular weight is 355 g/mol. The molecule has 0 saturated carbocycles. The predicted octanol–water partition coefficient (Wildman–Crippen LogP) is -0.0201. The molecule has 6 nitrogen and oxygen atoms in total. The molecular weight excluding hydrogens is 336 g/mol. The molecule has 0 bridgehead atoms. The minimum absolute atomic E-state index is 0.151.